The van der Waals surface area contributed by atoms with Crippen LogP contribution in [0.4, 0.5) is 0 Å². The zero-order valence-electron chi connectivity index (χ0n) is 12.6. The van der Waals surface area contributed by atoms with E-state index < -0.39 is 0 Å². The second kappa shape index (κ2) is 9.96. The molecule has 0 saturated carbocycles. The molecule has 0 unspecified atom stereocenters. The van der Waals surface area contributed by atoms with E-state index in [0.717, 1.165) is 0 Å². The lowest BCUT2D eigenvalue weighted by Gasteiger charge is -2.35. The van der Waals surface area contributed by atoms with Crippen LogP contribution in [0.15, 0.2) is 0 Å². The largest absolute Gasteiger partial charge is 0.383 e. The lowest BCUT2D eigenvalue weighted by atomic mass is 10.1. The standard InChI is InChI=1S/C13H25N3O3.ClH/c1-11(2)13(18)16-7-5-15(6-8-16)12(17)10-14-4-9-19-3;/h11,14H,4-10H2,1-3H3;1H. The second-order valence-electron chi connectivity index (χ2n) is 5.03. The van der Waals surface area contributed by atoms with E-state index in [1.54, 1.807) is 7.11 Å². The molecule has 0 atom stereocenters. The van der Waals surface area contributed by atoms with Gasteiger partial charge in [-0.15, -0.1) is 12.4 Å². The Hall–Kier alpha value is -0.850. The SMILES string of the molecule is COCCNCC(=O)N1CCN(C(=O)C(C)C)CC1.Cl. The molecule has 6 nitrogen and oxygen atoms in total. The molecule has 20 heavy (non-hydrogen) atoms. The average Bonchev–Trinajstić information content (AvgIpc) is 2.42. The van der Waals surface area contributed by atoms with Gasteiger partial charge in [0.1, 0.15) is 0 Å². The Labute approximate surface area is 127 Å². The average molecular weight is 308 g/mol. The Morgan fingerprint density at radius 2 is 1.70 bits per heavy atom. The van der Waals surface area contributed by atoms with Crippen molar-refractivity contribution >= 4 is 24.2 Å². The van der Waals surface area contributed by atoms with Gasteiger partial charge in [0.25, 0.3) is 0 Å². The van der Waals surface area contributed by atoms with Gasteiger partial charge in [-0.2, -0.15) is 0 Å². The maximum atomic E-state index is 11.9. The van der Waals surface area contributed by atoms with Crippen LogP contribution in [0.3, 0.4) is 0 Å². The summed E-state index contributed by atoms with van der Waals surface area (Å²) in [6.45, 7) is 7.95. The molecule has 0 aromatic heterocycles. The molecule has 1 aliphatic heterocycles. The number of ether oxygens (including phenoxy) is 1. The van der Waals surface area contributed by atoms with Gasteiger partial charge >= 0.3 is 0 Å². The Balaban J connectivity index is 0.00000361. The Morgan fingerprint density at radius 3 is 2.20 bits per heavy atom. The topological polar surface area (TPSA) is 61.9 Å². The number of carbonyl (C=O) groups is 2. The fourth-order valence-electron chi connectivity index (χ4n) is 2.02. The molecule has 1 N–H and O–H groups in total. The van der Waals surface area contributed by atoms with E-state index in [-0.39, 0.29) is 30.1 Å². The highest BCUT2D eigenvalue weighted by molar-refractivity contribution is 5.85. The van der Waals surface area contributed by atoms with Gasteiger partial charge in [0, 0.05) is 45.8 Å². The van der Waals surface area contributed by atoms with Crippen molar-refractivity contribution < 1.29 is 14.3 Å². The maximum Gasteiger partial charge on any atom is 0.236 e. The van der Waals surface area contributed by atoms with Gasteiger partial charge in [-0.3, -0.25) is 9.59 Å². The predicted molar refractivity (Wildman–Crippen MR) is 80.0 cm³/mol. The first-order valence-corrected chi connectivity index (χ1v) is 6.82. The van der Waals surface area contributed by atoms with E-state index in [0.29, 0.717) is 45.9 Å². The van der Waals surface area contributed by atoms with E-state index in [1.807, 2.05) is 23.6 Å². The molecule has 7 heteroatoms. The number of nitrogens with zero attached hydrogens (tertiary/aromatic N) is 2. The summed E-state index contributed by atoms with van der Waals surface area (Å²) in [4.78, 5) is 27.4. The number of piperazine rings is 1. The molecule has 1 aliphatic rings. The Kier molecular flexibility index (Phi) is 9.54. The molecule has 1 saturated heterocycles. The van der Waals surface area contributed by atoms with Crippen molar-refractivity contribution in [2.24, 2.45) is 5.92 Å². The number of halogens is 1. The van der Waals surface area contributed by atoms with Crippen LogP contribution in [0.2, 0.25) is 0 Å². The first-order valence-electron chi connectivity index (χ1n) is 6.82. The number of hydrogen-bond donors (Lipinski definition) is 1. The van der Waals surface area contributed by atoms with E-state index in [9.17, 15) is 9.59 Å². The van der Waals surface area contributed by atoms with Crippen molar-refractivity contribution in [3.8, 4) is 0 Å². The molecule has 118 valence electrons. The van der Waals surface area contributed by atoms with Crippen molar-refractivity contribution in [1.82, 2.24) is 15.1 Å². The third-order valence-corrected chi connectivity index (χ3v) is 3.20. The Bertz CT molecular complexity index is 305. The van der Waals surface area contributed by atoms with Gasteiger partial charge in [-0.05, 0) is 0 Å². The summed E-state index contributed by atoms with van der Waals surface area (Å²) in [6.07, 6.45) is 0. The minimum Gasteiger partial charge on any atom is -0.383 e. The third kappa shape index (κ3) is 6.07. The van der Waals surface area contributed by atoms with Gasteiger partial charge < -0.3 is 19.9 Å². The lowest BCUT2D eigenvalue weighted by Crippen LogP contribution is -2.53. The van der Waals surface area contributed by atoms with E-state index in [1.165, 1.54) is 0 Å². The number of methoxy groups -OCH3 is 1. The highest BCUT2D eigenvalue weighted by Gasteiger charge is 2.24. The van der Waals surface area contributed by atoms with Crippen LogP contribution in [-0.2, 0) is 14.3 Å². The van der Waals surface area contributed by atoms with Crippen molar-refractivity contribution in [2.45, 2.75) is 13.8 Å². The number of rotatable bonds is 6. The van der Waals surface area contributed by atoms with Crippen LogP contribution < -0.4 is 5.32 Å². The molecule has 1 rings (SSSR count). The van der Waals surface area contributed by atoms with Crippen LogP contribution in [0, 0.1) is 5.92 Å². The van der Waals surface area contributed by atoms with Gasteiger partial charge in [0.15, 0.2) is 0 Å². The van der Waals surface area contributed by atoms with Gasteiger partial charge in [-0.1, -0.05) is 13.8 Å². The van der Waals surface area contributed by atoms with E-state index in [4.69, 9.17) is 4.74 Å². The smallest absolute Gasteiger partial charge is 0.236 e. The normalized spacial score (nSPS) is 15.2. The summed E-state index contributed by atoms with van der Waals surface area (Å²) >= 11 is 0. The minimum absolute atomic E-state index is 0. The van der Waals surface area contributed by atoms with Crippen molar-refractivity contribution in [3.63, 3.8) is 0 Å². The van der Waals surface area contributed by atoms with E-state index in [2.05, 4.69) is 5.32 Å². The molecule has 0 aromatic rings. The van der Waals surface area contributed by atoms with Gasteiger partial charge in [0.05, 0.1) is 13.2 Å². The summed E-state index contributed by atoms with van der Waals surface area (Å²) in [5.41, 5.74) is 0. The van der Waals surface area contributed by atoms with Crippen molar-refractivity contribution in [1.29, 1.82) is 0 Å². The molecule has 0 radical (unpaired) electrons. The summed E-state index contributed by atoms with van der Waals surface area (Å²) in [5.74, 6) is 0.288. The van der Waals surface area contributed by atoms with Crippen LogP contribution >= 0.6 is 12.4 Å². The van der Waals surface area contributed by atoms with Crippen molar-refractivity contribution in [2.75, 3.05) is 53.0 Å². The molecule has 0 spiro atoms. The molecular formula is C13H26ClN3O3. The zero-order valence-corrected chi connectivity index (χ0v) is 13.4. The summed E-state index contributed by atoms with van der Waals surface area (Å²) in [6, 6.07) is 0. The van der Waals surface area contributed by atoms with Gasteiger partial charge in [0.2, 0.25) is 11.8 Å². The molecule has 1 fully saturated rings. The first kappa shape index (κ1) is 19.1. The Morgan fingerprint density at radius 1 is 1.15 bits per heavy atom. The third-order valence-electron chi connectivity index (χ3n) is 3.20. The predicted octanol–water partition coefficient (Wildman–Crippen LogP) is -0.0290. The van der Waals surface area contributed by atoms with Gasteiger partial charge in [-0.25, -0.2) is 0 Å². The first-order chi connectivity index (χ1) is 9.06. The number of carbonyl (C=O) groups excluding carboxylic acids is 2. The number of hydrogen-bond acceptors (Lipinski definition) is 4. The van der Waals surface area contributed by atoms with Crippen molar-refractivity contribution in [3.05, 3.63) is 0 Å². The monoisotopic (exact) mass is 307 g/mol. The lowest BCUT2D eigenvalue weighted by molar-refractivity contribution is -0.141. The van der Waals surface area contributed by atoms with Crippen LogP contribution in [-0.4, -0.2) is 74.6 Å². The maximum absolute atomic E-state index is 11.9. The molecule has 0 aromatic carbocycles. The molecule has 1 heterocycles. The highest BCUT2D eigenvalue weighted by atomic mass is 35.5. The second-order valence-corrected chi connectivity index (χ2v) is 5.03. The molecule has 0 aliphatic carbocycles. The van der Waals surface area contributed by atoms with Crippen LogP contribution in [0.25, 0.3) is 0 Å². The van der Waals surface area contributed by atoms with Crippen LogP contribution in [0.5, 0.6) is 0 Å². The zero-order chi connectivity index (χ0) is 14.3. The quantitative estimate of drug-likeness (QED) is 0.700. The fraction of sp³-hybridized carbons (Fsp3) is 0.846. The molecule has 2 amide bonds. The number of amides is 2. The minimum atomic E-state index is 0. The highest BCUT2D eigenvalue weighted by Crippen LogP contribution is 2.07. The van der Waals surface area contributed by atoms with Crippen LogP contribution in [0.1, 0.15) is 13.8 Å². The number of nitrogens with one attached hydrogen (secondary N) is 1. The molecular weight excluding hydrogens is 282 g/mol. The fourth-order valence-corrected chi connectivity index (χ4v) is 2.02. The summed E-state index contributed by atoms with van der Waals surface area (Å²) in [7, 11) is 1.63. The molecule has 0 bridgehead atoms. The summed E-state index contributed by atoms with van der Waals surface area (Å²) < 4.78 is 4.90. The summed E-state index contributed by atoms with van der Waals surface area (Å²) in [5, 5.41) is 3.04. The van der Waals surface area contributed by atoms with E-state index >= 15 is 0 Å².